The molecule has 2 aliphatic rings. The summed E-state index contributed by atoms with van der Waals surface area (Å²) in [7, 11) is 1.33. The van der Waals surface area contributed by atoms with Gasteiger partial charge >= 0.3 is 11.9 Å². The Labute approximate surface area is 230 Å². The second-order valence-electron chi connectivity index (χ2n) is 8.84. The van der Waals surface area contributed by atoms with Crippen molar-refractivity contribution in [2.45, 2.75) is 65.5 Å². The van der Waals surface area contributed by atoms with Crippen molar-refractivity contribution in [3.8, 4) is 23.0 Å². The van der Waals surface area contributed by atoms with Crippen LogP contribution in [0.2, 0.25) is 0 Å². The molecule has 2 unspecified atom stereocenters. The molecule has 0 spiro atoms. The summed E-state index contributed by atoms with van der Waals surface area (Å²) in [4.78, 5) is 22.2. The number of fused-ring (bicyclic) bond motifs is 2. The lowest BCUT2D eigenvalue weighted by Crippen LogP contribution is -2.19. The van der Waals surface area contributed by atoms with Crippen LogP contribution < -0.4 is 25.7 Å². The van der Waals surface area contributed by atoms with Crippen LogP contribution in [0.15, 0.2) is 24.3 Å². The Bertz CT molecular complexity index is 1110. The smallest absolute Gasteiger partial charge is 0.344 e. The first-order valence-corrected chi connectivity index (χ1v) is 13.4. The largest absolute Gasteiger partial charge is 0.504 e. The van der Waals surface area contributed by atoms with Crippen molar-refractivity contribution in [2.24, 2.45) is 11.5 Å². The maximum Gasteiger partial charge on any atom is 0.344 e. The first kappa shape index (κ1) is 31.7. The van der Waals surface area contributed by atoms with Gasteiger partial charge in [0.1, 0.15) is 11.5 Å². The normalized spacial score (nSPS) is 16.4. The van der Waals surface area contributed by atoms with Crippen molar-refractivity contribution >= 4 is 11.9 Å². The topological polar surface area (TPSA) is 153 Å². The monoisotopic (exact) mass is 546 g/mol. The molecular weight excluding hydrogens is 504 g/mol. The minimum Gasteiger partial charge on any atom is -0.504 e. The molecule has 0 heterocycles. The number of esters is 2. The zero-order valence-corrected chi connectivity index (χ0v) is 23.6. The lowest BCUT2D eigenvalue weighted by molar-refractivity contribution is -0.145. The molecule has 10 heteroatoms. The molecule has 0 aliphatic heterocycles. The Hall–Kier alpha value is -3.50. The average molecular weight is 547 g/mol. The highest BCUT2D eigenvalue weighted by atomic mass is 16.6. The molecule has 10 nitrogen and oxygen atoms in total. The number of nitrogens with two attached hydrogens (primary N) is 2. The molecular formula is C29H42N2O8. The van der Waals surface area contributed by atoms with E-state index < -0.39 is 11.9 Å². The first-order valence-electron chi connectivity index (χ1n) is 13.4. The molecule has 39 heavy (non-hydrogen) atoms. The summed E-state index contributed by atoms with van der Waals surface area (Å²) < 4.78 is 25.6. The molecule has 2 atom stereocenters. The first-order chi connectivity index (χ1) is 18.7. The van der Waals surface area contributed by atoms with Gasteiger partial charge in [-0.15, -0.1) is 0 Å². The zero-order chi connectivity index (χ0) is 28.9. The molecule has 0 bridgehead atoms. The highest BCUT2D eigenvalue weighted by Gasteiger charge is 2.24. The third-order valence-electron chi connectivity index (χ3n) is 6.05. The number of rotatable bonds is 9. The van der Waals surface area contributed by atoms with Gasteiger partial charge < -0.3 is 40.3 Å². The predicted octanol–water partition coefficient (Wildman–Crippen LogP) is 2.85. The van der Waals surface area contributed by atoms with Gasteiger partial charge in [0.15, 0.2) is 24.7 Å². The SMILES string of the molecule is CC.CCOC(=O)COc1ccc2c(c1O)CC(N)C2.CCOc1cc(OCC(=O)OC)cc2c1CC(N)C2. The summed E-state index contributed by atoms with van der Waals surface area (Å²) >= 11 is 0. The molecule has 0 aromatic heterocycles. The highest BCUT2D eigenvalue weighted by Crippen LogP contribution is 2.37. The number of benzene rings is 2. The van der Waals surface area contributed by atoms with Gasteiger partial charge in [-0.2, -0.15) is 0 Å². The van der Waals surface area contributed by atoms with E-state index in [4.69, 9.17) is 30.4 Å². The molecule has 0 amide bonds. The molecule has 0 saturated heterocycles. The van der Waals surface area contributed by atoms with Gasteiger partial charge in [-0.3, -0.25) is 0 Å². The number of phenolic OH excluding ortho intramolecular Hbond substituents is 1. The minimum atomic E-state index is -0.450. The average Bonchev–Trinajstić information content (AvgIpc) is 3.50. The number of methoxy groups -OCH3 is 1. The standard InChI is InChI=1S/C14H19NO4.C13H17NO4.C2H6/c1-3-18-13-7-11(19-8-14(16)17-2)5-9-4-10(15)6-12(9)13;1-2-17-12(15)7-18-11-4-3-8-5-9(14)6-10(8)13(11)16;1-2/h5,7,10H,3-4,6,8,15H2,1-2H3;3-4,9,16H,2,5-7,14H2,1H3;1-2H3. The summed E-state index contributed by atoms with van der Waals surface area (Å²) in [5.41, 5.74) is 16.0. The van der Waals surface area contributed by atoms with E-state index in [-0.39, 0.29) is 31.0 Å². The van der Waals surface area contributed by atoms with E-state index in [0.29, 0.717) is 31.1 Å². The van der Waals surface area contributed by atoms with E-state index in [0.717, 1.165) is 47.3 Å². The number of hydrogen-bond acceptors (Lipinski definition) is 10. The van der Waals surface area contributed by atoms with Crippen LogP contribution in [0, 0.1) is 0 Å². The van der Waals surface area contributed by atoms with Crippen molar-refractivity contribution in [2.75, 3.05) is 33.5 Å². The number of hydrogen-bond donors (Lipinski definition) is 3. The number of ether oxygens (including phenoxy) is 5. The number of aromatic hydroxyl groups is 1. The van der Waals surface area contributed by atoms with Gasteiger partial charge in [-0.25, -0.2) is 9.59 Å². The molecule has 2 aliphatic carbocycles. The van der Waals surface area contributed by atoms with Crippen molar-refractivity contribution in [3.05, 3.63) is 46.5 Å². The molecule has 216 valence electrons. The van der Waals surface area contributed by atoms with Gasteiger partial charge in [0.2, 0.25) is 0 Å². The molecule has 2 aromatic rings. The van der Waals surface area contributed by atoms with Crippen LogP contribution in [-0.2, 0) is 44.7 Å². The lowest BCUT2D eigenvalue weighted by Gasteiger charge is -2.12. The van der Waals surface area contributed by atoms with Crippen molar-refractivity contribution in [1.82, 2.24) is 0 Å². The van der Waals surface area contributed by atoms with Gasteiger partial charge in [-0.05, 0) is 68.4 Å². The summed E-state index contributed by atoms with van der Waals surface area (Å²) in [5, 5.41) is 10.0. The predicted molar refractivity (Wildman–Crippen MR) is 147 cm³/mol. The van der Waals surface area contributed by atoms with Crippen LogP contribution in [0.25, 0.3) is 0 Å². The number of phenols is 1. The van der Waals surface area contributed by atoms with E-state index >= 15 is 0 Å². The maximum atomic E-state index is 11.2. The molecule has 2 aromatic carbocycles. The molecule has 0 saturated carbocycles. The fourth-order valence-corrected chi connectivity index (χ4v) is 4.42. The third kappa shape index (κ3) is 9.04. The molecule has 0 fully saturated rings. The van der Waals surface area contributed by atoms with Gasteiger partial charge in [-0.1, -0.05) is 19.9 Å². The van der Waals surface area contributed by atoms with Crippen molar-refractivity contribution in [1.29, 1.82) is 0 Å². The van der Waals surface area contributed by atoms with Crippen molar-refractivity contribution < 1.29 is 38.4 Å². The van der Waals surface area contributed by atoms with Crippen LogP contribution >= 0.6 is 0 Å². The van der Waals surface area contributed by atoms with E-state index in [1.807, 2.05) is 39.0 Å². The van der Waals surface area contributed by atoms with Gasteiger partial charge in [0, 0.05) is 23.7 Å². The van der Waals surface area contributed by atoms with Crippen molar-refractivity contribution in [3.63, 3.8) is 0 Å². The minimum absolute atomic E-state index is 0.0474. The second-order valence-corrected chi connectivity index (χ2v) is 8.84. The number of carbonyl (C=O) groups is 2. The fourth-order valence-electron chi connectivity index (χ4n) is 4.42. The Morgan fingerprint density at radius 2 is 1.46 bits per heavy atom. The van der Waals surface area contributed by atoms with E-state index in [9.17, 15) is 14.7 Å². The summed E-state index contributed by atoms with van der Waals surface area (Å²) in [6, 6.07) is 7.45. The van der Waals surface area contributed by atoms with Crippen LogP contribution in [-0.4, -0.2) is 62.7 Å². The third-order valence-corrected chi connectivity index (χ3v) is 6.05. The summed E-state index contributed by atoms with van der Waals surface area (Å²) in [5.74, 6) is 0.944. The summed E-state index contributed by atoms with van der Waals surface area (Å²) in [6.07, 6.45) is 3.03. The Balaban J connectivity index is 0.000000258. The molecule has 4 rings (SSSR count). The Kier molecular flexibility index (Phi) is 12.9. The summed E-state index contributed by atoms with van der Waals surface area (Å²) in [6.45, 7) is 8.25. The number of carbonyl (C=O) groups excluding carboxylic acids is 2. The van der Waals surface area contributed by atoms with Gasteiger partial charge in [0.05, 0.1) is 20.3 Å². The Morgan fingerprint density at radius 3 is 2.10 bits per heavy atom. The second kappa shape index (κ2) is 15.8. The van der Waals surface area contributed by atoms with Crippen LogP contribution in [0.5, 0.6) is 23.0 Å². The molecule has 5 N–H and O–H groups in total. The van der Waals surface area contributed by atoms with Gasteiger partial charge in [0.25, 0.3) is 0 Å². The lowest BCUT2D eigenvalue weighted by atomic mass is 10.1. The van der Waals surface area contributed by atoms with E-state index in [1.54, 1.807) is 13.0 Å². The van der Waals surface area contributed by atoms with Crippen LogP contribution in [0.1, 0.15) is 49.9 Å². The Morgan fingerprint density at radius 1 is 0.821 bits per heavy atom. The highest BCUT2D eigenvalue weighted by molar-refractivity contribution is 5.71. The van der Waals surface area contributed by atoms with E-state index in [1.165, 1.54) is 7.11 Å². The molecule has 0 radical (unpaired) electrons. The quantitative estimate of drug-likeness (QED) is 0.400. The maximum absolute atomic E-state index is 11.2. The van der Waals surface area contributed by atoms with E-state index in [2.05, 4.69) is 4.74 Å². The van der Waals surface area contributed by atoms with Crippen LogP contribution in [0.4, 0.5) is 0 Å². The fraction of sp³-hybridized carbons (Fsp3) is 0.517. The van der Waals surface area contributed by atoms with Crippen LogP contribution in [0.3, 0.4) is 0 Å². The zero-order valence-electron chi connectivity index (χ0n) is 23.6.